The Labute approximate surface area is 175 Å². The van der Waals surface area contributed by atoms with E-state index in [2.05, 4.69) is 11.4 Å². The molecule has 0 aliphatic heterocycles. The van der Waals surface area contributed by atoms with Gasteiger partial charge >= 0.3 is 5.97 Å². The molecule has 0 saturated heterocycles. The van der Waals surface area contributed by atoms with Crippen LogP contribution >= 0.6 is 11.8 Å². The molecule has 156 valence electrons. The van der Waals surface area contributed by atoms with E-state index in [0.717, 1.165) is 24.8 Å². The monoisotopic (exact) mass is 418 g/mol. The summed E-state index contributed by atoms with van der Waals surface area (Å²) in [5.41, 5.74) is 0.549. The molecule has 0 heterocycles. The number of amides is 1. The first kappa shape index (κ1) is 22.8. The minimum atomic E-state index is -0.839. The Hall–Kier alpha value is -2.53. The molecule has 0 unspecified atom stereocenters. The molecule has 2 rings (SSSR count). The van der Waals surface area contributed by atoms with Crippen molar-refractivity contribution in [3.8, 4) is 11.8 Å². The van der Waals surface area contributed by atoms with Crippen LogP contribution in [0.5, 0.6) is 5.75 Å². The summed E-state index contributed by atoms with van der Waals surface area (Å²) in [5, 5.41) is 12.1. The summed E-state index contributed by atoms with van der Waals surface area (Å²) in [7, 11) is 1.55. The topological polar surface area (TPSA) is 105 Å². The van der Waals surface area contributed by atoms with E-state index in [1.54, 1.807) is 25.3 Å². The molecule has 0 bridgehead atoms. The number of ketones is 1. The second-order valence-corrected chi connectivity index (χ2v) is 8.02. The lowest BCUT2D eigenvalue weighted by atomic mass is 9.83. The number of Topliss-reactive ketones (excluding diaryl/α,β-unsaturated/α-hetero) is 1. The molecular formula is C21H26N2O5S. The van der Waals surface area contributed by atoms with Crippen LogP contribution in [0.25, 0.3) is 0 Å². The maximum absolute atomic E-state index is 12.1. The maximum atomic E-state index is 12.1. The predicted octanol–water partition coefficient (Wildman–Crippen LogP) is 3.02. The van der Waals surface area contributed by atoms with Gasteiger partial charge in [0.15, 0.2) is 12.4 Å². The summed E-state index contributed by atoms with van der Waals surface area (Å²) in [6.07, 6.45) is 4.11. The van der Waals surface area contributed by atoms with Gasteiger partial charge in [-0.3, -0.25) is 14.4 Å². The number of hydrogen-bond acceptors (Lipinski definition) is 7. The summed E-state index contributed by atoms with van der Waals surface area (Å²) < 4.78 is 10.3. The highest BCUT2D eigenvalue weighted by atomic mass is 32.2. The molecule has 1 aromatic carbocycles. The van der Waals surface area contributed by atoms with Crippen LogP contribution in [0.15, 0.2) is 18.2 Å². The van der Waals surface area contributed by atoms with Crippen LogP contribution in [-0.2, 0) is 20.1 Å². The van der Waals surface area contributed by atoms with Gasteiger partial charge in [-0.05, 0) is 38.0 Å². The Morgan fingerprint density at radius 3 is 2.59 bits per heavy atom. The summed E-state index contributed by atoms with van der Waals surface area (Å²) in [4.78, 5) is 35.5. The lowest BCUT2D eigenvalue weighted by molar-refractivity contribution is -0.146. The van der Waals surface area contributed by atoms with Gasteiger partial charge in [0.2, 0.25) is 0 Å². The highest BCUT2D eigenvalue weighted by molar-refractivity contribution is 7.99. The van der Waals surface area contributed by atoms with Gasteiger partial charge in [0, 0.05) is 16.9 Å². The number of carbonyl (C=O) groups excluding carboxylic acids is 3. The third-order valence-corrected chi connectivity index (χ3v) is 5.78. The number of nitrogens with one attached hydrogen (secondary N) is 1. The van der Waals surface area contributed by atoms with E-state index in [0.29, 0.717) is 29.9 Å². The first-order chi connectivity index (χ1) is 13.9. The van der Waals surface area contributed by atoms with Crippen LogP contribution in [-0.4, -0.2) is 42.7 Å². The van der Waals surface area contributed by atoms with Crippen LogP contribution in [0.1, 0.15) is 54.9 Å². The Bertz CT molecular complexity index is 797. The van der Waals surface area contributed by atoms with E-state index >= 15 is 0 Å². The summed E-state index contributed by atoms with van der Waals surface area (Å²) in [6, 6.07) is 7.37. The lowest BCUT2D eigenvalue weighted by Gasteiger charge is -2.31. The Morgan fingerprint density at radius 2 is 1.97 bits per heavy atom. The Balaban J connectivity index is 1.77. The molecular weight excluding hydrogens is 392 g/mol. The fourth-order valence-corrected chi connectivity index (χ4v) is 4.06. The van der Waals surface area contributed by atoms with Gasteiger partial charge in [0.25, 0.3) is 5.91 Å². The predicted molar refractivity (Wildman–Crippen MR) is 110 cm³/mol. The summed E-state index contributed by atoms with van der Waals surface area (Å²) in [5.74, 6) is 0.152. The van der Waals surface area contributed by atoms with Gasteiger partial charge in [-0.15, -0.1) is 11.8 Å². The standard InChI is InChI=1S/C21H26N2O5S/c1-15(24)16-6-7-18(27-2)17(10-16)12-29-13-20(26)28-11-19(25)23-21(14-22)8-4-3-5-9-21/h6-7,10H,3-5,8-9,11-13H2,1-2H3,(H,23,25). The zero-order valence-electron chi connectivity index (χ0n) is 16.8. The molecule has 0 radical (unpaired) electrons. The van der Waals surface area contributed by atoms with Crippen LogP contribution < -0.4 is 10.1 Å². The first-order valence-electron chi connectivity index (χ1n) is 9.52. The smallest absolute Gasteiger partial charge is 0.316 e. The highest BCUT2D eigenvalue weighted by Gasteiger charge is 2.33. The van der Waals surface area contributed by atoms with Gasteiger partial charge in [0.05, 0.1) is 18.9 Å². The quantitative estimate of drug-likeness (QED) is 0.485. The van der Waals surface area contributed by atoms with Gasteiger partial charge in [0.1, 0.15) is 11.3 Å². The molecule has 8 heteroatoms. The average molecular weight is 419 g/mol. The maximum Gasteiger partial charge on any atom is 0.316 e. The van der Waals surface area contributed by atoms with Crippen molar-refractivity contribution < 1.29 is 23.9 Å². The van der Waals surface area contributed by atoms with E-state index in [-0.39, 0.29) is 11.5 Å². The van der Waals surface area contributed by atoms with E-state index in [4.69, 9.17) is 9.47 Å². The largest absolute Gasteiger partial charge is 0.496 e. The average Bonchev–Trinajstić information content (AvgIpc) is 2.72. The molecule has 7 nitrogen and oxygen atoms in total. The molecule has 1 saturated carbocycles. The van der Waals surface area contributed by atoms with Crippen LogP contribution in [0.4, 0.5) is 0 Å². The number of carbonyl (C=O) groups is 3. The van der Waals surface area contributed by atoms with E-state index in [1.807, 2.05) is 0 Å². The first-order valence-corrected chi connectivity index (χ1v) is 10.7. The SMILES string of the molecule is COc1ccc(C(C)=O)cc1CSCC(=O)OCC(=O)NC1(C#N)CCCCC1. The minimum absolute atomic E-state index is 0.0440. The number of methoxy groups -OCH3 is 1. The second kappa shape index (κ2) is 10.9. The molecule has 1 fully saturated rings. The molecule has 0 spiro atoms. The fourth-order valence-electron chi connectivity index (χ4n) is 3.27. The molecule has 1 N–H and O–H groups in total. The van der Waals surface area contributed by atoms with Gasteiger partial charge in [-0.2, -0.15) is 5.26 Å². The number of nitriles is 1. The third-order valence-electron chi connectivity index (χ3n) is 4.83. The highest BCUT2D eigenvalue weighted by Crippen LogP contribution is 2.27. The number of benzene rings is 1. The number of thioether (sulfide) groups is 1. The number of esters is 1. The molecule has 0 atom stereocenters. The van der Waals surface area contributed by atoms with Crippen molar-refractivity contribution in [1.82, 2.24) is 5.32 Å². The number of nitrogens with zero attached hydrogens (tertiary/aromatic N) is 1. The van der Waals surface area contributed by atoms with Gasteiger partial charge < -0.3 is 14.8 Å². The van der Waals surface area contributed by atoms with Crippen molar-refractivity contribution in [2.75, 3.05) is 19.5 Å². The molecule has 0 aromatic heterocycles. The zero-order chi connectivity index (χ0) is 21.3. The van der Waals surface area contributed by atoms with Crippen molar-refractivity contribution in [1.29, 1.82) is 5.26 Å². The van der Waals surface area contributed by atoms with Gasteiger partial charge in [-0.25, -0.2) is 0 Å². The van der Waals surface area contributed by atoms with Crippen molar-refractivity contribution >= 4 is 29.4 Å². The Kier molecular flexibility index (Phi) is 8.52. The number of hydrogen-bond donors (Lipinski definition) is 1. The Morgan fingerprint density at radius 1 is 1.24 bits per heavy atom. The van der Waals surface area contributed by atoms with E-state index in [1.165, 1.54) is 18.7 Å². The van der Waals surface area contributed by atoms with Crippen molar-refractivity contribution in [3.63, 3.8) is 0 Å². The summed E-state index contributed by atoms with van der Waals surface area (Å²) >= 11 is 1.31. The van der Waals surface area contributed by atoms with Crippen molar-refractivity contribution in [2.45, 2.75) is 50.3 Å². The molecule has 29 heavy (non-hydrogen) atoms. The lowest BCUT2D eigenvalue weighted by Crippen LogP contribution is -2.50. The third kappa shape index (κ3) is 6.79. The molecule has 1 aliphatic rings. The van der Waals surface area contributed by atoms with Crippen LogP contribution in [0, 0.1) is 11.3 Å². The van der Waals surface area contributed by atoms with E-state index in [9.17, 15) is 19.6 Å². The molecule has 1 aromatic rings. The van der Waals surface area contributed by atoms with Crippen molar-refractivity contribution in [2.24, 2.45) is 0 Å². The van der Waals surface area contributed by atoms with Gasteiger partial charge in [-0.1, -0.05) is 19.3 Å². The minimum Gasteiger partial charge on any atom is -0.496 e. The number of ether oxygens (including phenoxy) is 2. The van der Waals surface area contributed by atoms with Crippen molar-refractivity contribution in [3.05, 3.63) is 29.3 Å². The number of rotatable bonds is 9. The molecule has 1 amide bonds. The normalized spacial score (nSPS) is 15.1. The van der Waals surface area contributed by atoms with Crippen LogP contribution in [0.3, 0.4) is 0 Å². The molecule has 1 aliphatic carbocycles. The van der Waals surface area contributed by atoms with Crippen LogP contribution in [0.2, 0.25) is 0 Å². The fraction of sp³-hybridized carbons (Fsp3) is 0.524. The zero-order valence-corrected chi connectivity index (χ0v) is 17.6. The second-order valence-electron chi connectivity index (χ2n) is 7.04. The summed E-state index contributed by atoms with van der Waals surface area (Å²) in [6.45, 7) is 1.09. The van der Waals surface area contributed by atoms with E-state index < -0.39 is 24.0 Å².